The Labute approximate surface area is 135 Å². The molecule has 0 saturated heterocycles. The van der Waals surface area contributed by atoms with E-state index >= 15 is 0 Å². The zero-order chi connectivity index (χ0) is 16.7. The number of nitrogens with zero attached hydrogens (tertiary/aromatic N) is 1. The van der Waals surface area contributed by atoms with Gasteiger partial charge in [0, 0.05) is 13.1 Å². The number of benzene rings is 1. The summed E-state index contributed by atoms with van der Waals surface area (Å²) < 4.78 is 18.2. The SMILES string of the molecule is CN(C)C(CNC(=O)NCCc1ccc(F)cc1)c1ccco1. The molecular formula is C17H22FN3O2. The van der Waals surface area contributed by atoms with Gasteiger partial charge in [-0.15, -0.1) is 0 Å². The predicted octanol–water partition coefficient (Wildman–Crippen LogP) is 2.56. The number of rotatable bonds is 7. The van der Waals surface area contributed by atoms with E-state index in [2.05, 4.69) is 10.6 Å². The van der Waals surface area contributed by atoms with E-state index < -0.39 is 0 Å². The number of urea groups is 1. The largest absolute Gasteiger partial charge is 0.468 e. The van der Waals surface area contributed by atoms with E-state index in [0.717, 1.165) is 11.3 Å². The van der Waals surface area contributed by atoms with Crippen molar-refractivity contribution < 1.29 is 13.6 Å². The molecule has 2 aromatic rings. The summed E-state index contributed by atoms with van der Waals surface area (Å²) in [5.74, 6) is 0.550. The summed E-state index contributed by atoms with van der Waals surface area (Å²) in [5, 5.41) is 5.63. The van der Waals surface area contributed by atoms with E-state index in [9.17, 15) is 9.18 Å². The molecule has 1 unspecified atom stereocenters. The highest BCUT2D eigenvalue weighted by atomic mass is 19.1. The molecule has 0 aliphatic heterocycles. The number of furan rings is 1. The van der Waals surface area contributed by atoms with Gasteiger partial charge in [0.05, 0.1) is 12.3 Å². The number of amides is 2. The number of hydrogen-bond donors (Lipinski definition) is 2. The number of halogens is 1. The second-order valence-corrected chi connectivity index (χ2v) is 5.51. The lowest BCUT2D eigenvalue weighted by molar-refractivity contribution is 0.225. The Morgan fingerprint density at radius 2 is 1.96 bits per heavy atom. The first-order valence-corrected chi connectivity index (χ1v) is 7.52. The van der Waals surface area contributed by atoms with Gasteiger partial charge in [-0.3, -0.25) is 4.90 Å². The van der Waals surface area contributed by atoms with Crippen LogP contribution in [0.1, 0.15) is 17.4 Å². The van der Waals surface area contributed by atoms with Crippen molar-refractivity contribution in [2.45, 2.75) is 12.5 Å². The quantitative estimate of drug-likeness (QED) is 0.824. The summed E-state index contributed by atoms with van der Waals surface area (Å²) in [7, 11) is 3.86. The monoisotopic (exact) mass is 319 g/mol. The summed E-state index contributed by atoms with van der Waals surface area (Å²) in [6.45, 7) is 0.938. The molecule has 0 saturated carbocycles. The van der Waals surface area contributed by atoms with Gasteiger partial charge in [-0.25, -0.2) is 9.18 Å². The number of nitrogens with one attached hydrogen (secondary N) is 2. The highest BCUT2D eigenvalue weighted by molar-refractivity contribution is 5.73. The highest BCUT2D eigenvalue weighted by Gasteiger charge is 2.17. The third-order valence-electron chi connectivity index (χ3n) is 3.56. The van der Waals surface area contributed by atoms with Gasteiger partial charge in [0.1, 0.15) is 11.6 Å². The summed E-state index contributed by atoms with van der Waals surface area (Å²) in [4.78, 5) is 13.8. The van der Waals surface area contributed by atoms with Crippen LogP contribution in [-0.2, 0) is 6.42 Å². The lowest BCUT2D eigenvalue weighted by Crippen LogP contribution is -2.41. The maximum Gasteiger partial charge on any atom is 0.314 e. The van der Waals surface area contributed by atoms with Crippen LogP contribution in [0, 0.1) is 5.82 Å². The summed E-state index contributed by atoms with van der Waals surface area (Å²) >= 11 is 0. The Morgan fingerprint density at radius 3 is 2.57 bits per heavy atom. The molecule has 1 aromatic carbocycles. The van der Waals surface area contributed by atoms with Crippen molar-refractivity contribution in [3.63, 3.8) is 0 Å². The van der Waals surface area contributed by atoms with Gasteiger partial charge in [0.15, 0.2) is 0 Å². The summed E-state index contributed by atoms with van der Waals surface area (Å²) in [5.41, 5.74) is 0.980. The Balaban J connectivity index is 1.73. The lowest BCUT2D eigenvalue weighted by Gasteiger charge is -2.22. The molecule has 0 fully saturated rings. The number of carbonyl (C=O) groups is 1. The second kappa shape index (κ2) is 8.33. The van der Waals surface area contributed by atoms with Crippen LogP contribution in [0.2, 0.25) is 0 Å². The molecule has 2 N–H and O–H groups in total. The molecule has 0 spiro atoms. The Hall–Kier alpha value is -2.34. The van der Waals surface area contributed by atoms with Crippen molar-refractivity contribution in [3.05, 3.63) is 59.8 Å². The highest BCUT2D eigenvalue weighted by Crippen LogP contribution is 2.17. The number of hydrogen-bond acceptors (Lipinski definition) is 3. The van der Waals surface area contributed by atoms with Crippen molar-refractivity contribution in [2.75, 3.05) is 27.2 Å². The smallest absolute Gasteiger partial charge is 0.314 e. The molecule has 0 aliphatic carbocycles. The molecule has 23 heavy (non-hydrogen) atoms. The van der Waals surface area contributed by atoms with Crippen molar-refractivity contribution in [2.24, 2.45) is 0 Å². The molecule has 0 bridgehead atoms. The zero-order valence-electron chi connectivity index (χ0n) is 13.4. The molecule has 2 amide bonds. The molecule has 5 nitrogen and oxygen atoms in total. The fourth-order valence-corrected chi connectivity index (χ4v) is 2.24. The van der Waals surface area contributed by atoms with Gasteiger partial charge in [-0.2, -0.15) is 0 Å². The van der Waals surface area contributed by atoms with E-state index in [1.165, 1.54) is 12.1 Å². The average Bonchev–Trinajstić information content (AvgIpc) is 3.03. The van der Waals surface area contributed by atoms with E-state index in [1.807, 2.05) is 31.1 Å². The maximum atomic E-state index is 12.8. The van der Waals surface area contributed by atoms with Gasteiger partial charge >= 0.3 is 6.03 Å². The molecule has 0 aliphatic rings. The molecular weight excluding hydrogens is 297 g/mol. The molecule has 1 atom stereocenters. The molecule has 124 valence electrons. The fourth-order valence-electron chi connectivity index (χ4n) is 2.24. The molecule has 0 radical (unpaired) electrons. The van der Waals surface area contributed by atoms with Crippen LogP contribution in [-0.4, -0.2) is 38.1 Å². The van der Waals surface area contributed by atoms with Crippen LogP contribution in [0.15, 0.2) is 47.1 Å². The first-order valence-electron chi connectivity index (χ1n) is 7.52. The van der Waals surface area contributed by atoms with Crippen LogP contribution in [0.4, 0.5) is 9.18 Å². The minimum Gasteiger partial charge on any atom is -0.468 e. The second-order valence-electron chi connectivity index (χ2n) is 5.51. The van der Waals surface area contributed by atoms with Gasteiger partial charge < -0.3 is 15.1 Å². The summed E-state index contributed by atoms with van der Waals surface area (Å²) in [6.07, 6.45) is 2.28. The van der Waals surface area contributed by atoms with Gasteiger partial charge in [-0.05, 0) is 50.3 Å². The predicted molar refractivity (Wildman–Crippen MR) is 86.6 cm³/mol. The van der Waals surface area contributed by atoms with Crippen LogP contribution < -0.4 is 10.6 Å². The van der Waals surface area contributed by atoms with Crippen molar-refractivity contribution in [3.8, 4) is 0 Å². The van der Waals surface area contributed by atoms with Crippen molar-refractivity contribution in [1.29, 1.82) is 0 Å². The third kappa shape index (κ3) is 5.41. The van der Waals surface area contributed by atoms with Crippen molar-refractivity contribution >= 4 is 6.03 Å². The molecule has 6 heteroatoms. The topological polar surface area (TPSA) is 57.5 Å². The van der Waals surface area contributed by atoms with Crippen LogP contribution >= 0.6 is 0 Å². The van der Waals surface area contributed by atoms with Gasteiger partial charge in [-0.1, -0.05) is 12.1 Å². The molecule has 1 aromatic heterocycles. The van der Waals surface area contributed by atoms with Crippen molar-refractivity contribution in [1.82, 2.24) is 15.5 Å². The van der Waals surface area contributed by atoms with E-state index in [1.54, 1.807) is 18.4 Å². The normalized spacial score (nSPS) is 12.2. The van der Waals surface area contributed by atoms with E-state index in [-0.39, 0.29) is 17.9 Å². The van der Waals surface area contributed by atoms with Crippen LogP contribution in [0.5, 0.6) is 0 Å². The molecule has 1 heterocycles. The van der Waals surface area contributed by atoms with Gasteiger partial charge in [0.2, 0.25) is 0 Å². The standard InChI is InChI=1S/C17H22FN3O2/c1-21(2)15(16-4-3-11-23-16)12-20-17(22)19-10-9-13-5-7-14(18)8-6-13/h3-8,11,15H,9-10,12H2,1-2H3,(H2,19,20,22). The first-order chi connectivity index (χ1) is 11.1. The van der Waals surface area contributed by atoms with Gasteiger partial charge in [0.25, 0.3) is 0 Å². The fraction of sp³-hybridized carbons (Fsp3) is 0.353. The Bertz CT molecular complexity index is 597. The van der Waals surface area contributed by atoms with Crippen LogP contribution in [0.3, 0.4) is 0 Å². The Morgan fingerprint density at radius 1 is 1.22 bits per heavy atom. The average molecular weight is 319 g/mol. The minimum atomic E-state index is -0.257. The molecule has 2 rings (SSSR count). The number of carbonyl (C=O) groups excluding carboxylic acids is 1. The first kappa shape index (κ1) is 17.0. The van der Waals surface area contributed by atoms with E-state index in [4.69, 9.17) is 4.42 Å². The maximum absolute atomic E-state index is 12.8. The Kier molecular flexibility index (Phi) is 6.17. The van der Waals surface area contributed by atoms with E-state index in [0.29, 0.717) is 19.5 Å². The third-order valence-corrected chi connectivity index (χ3v) is 3.56. The van der Waals surface area contributed by atoms with Crippen LogP contribution in [0.25, 0.3) is 0 Å². The lowest BCUT2D eigenvalue weighted by atomic mass is 10.1. The summed E-state index contributed by atoms with van der Waals surface area (Å²) in [6, 6.07) is 9.73. The zero-order valence-corrected chi connectivity index (χ0v) is 13.4. The number of likely N-dealkylation sites (N-methyl/N-ethyl adjacent to an activating group) is 1. The minimum absolute atomic E-state index is 0.0205.